The normalized spacial score (nSPS) is 14.9. The molecule has 3 aromatic heterocycles. The van der Waals surface area contributed by atoms with Gasteiger partial charge in [-0.2, -0.15) is 0 Å². The number of para-hydroxylation sites is 1. The average molecular weight is 574 g/mol. The Morgan fingerprint density at radius 3 is 2.47 bits per heavy atom. The molecule has 1 unspecified atom stereocenters. The minimum absolute atomic E-state index is 0.0443. The van der Waals surface area contributed by atoms with E-state index in [1.807, 2.05) is 78.9 Å². The molecule has 4 heterocycles. The number of aromatic nitrogens is 4. The zero-order valence-corrected chi connectivity index (χ0v) is 24.7. The van der Waals surface area contributed by atoms with Crippen molar-refractivity contribution >= 4 is 22.9 Å². The predicted molar refractivity (Wildman–Crippen MR) is 171 cm³/mol. The molecule has 0 saturated carbocycles. The highest BCUT2D eigenvalue weighted by molar-refractivity contribution is 5.94. The highest BCUT2D eigenvalue weighted by Crippen LogP contribution is 2.24. The van der Waals surface area contributed by atoms with E-state index in [0.29, 0.717) is 18.2 Å². The SMILES string of the molecule is CN(CC(CCN1CCC(Nc2nc3c(Cc4ccccn4)cccc3[nH]2)CC1)c1ccccn1)C(=O)c1ccccc1. The molecule has 0 spiro atoms. The molecule has 220 valence electrons. The third-order valence-electron chi connectivity index (χ3n) is 8.38. The summed E-state index contributed by atoms with van der Waals surface area (Å²) < 4.78 is 0. The Labute approximate surface area is 253 Å². The second-order valence-corrected chi connectivity index (χ2v) is 11.4. The Morgan fingerprint density at radius 1 is 0.953 bits per heavy atom. The molecule has 2 aromatic carbocycles. The third kappa shape index (κ3) is 7.27. The third-order valence-corrected chi connectivity index (χ3v) is 8.38. The second-order valence-electron chi connectivity index (χ2n) is 11.4. The maximum atomic E-state index is 13.0. The maximum absolute atomic E-state index is 13.0. The van der Waals surface area contributed by atoms with Crippen LogP contribution < -0.4 is 5.32 Å². The van der Waals surface area contributed by atoms with Gasteiger partial charge in [-0.15, -0.1) is 0 Å². The zero-order chi connectivity index (χ0) is 29.4. The topological polar surface area (TPSA) is 90.0 Å². The number of hydrogen-bond acceptors (Lipinski definition) is 6. The van der Waals surface area contributed by atoms with E-state index in [2.05, 4.69) is 55.5 Å². The quantitative estimate of drug-likeness (QED) is 0.209. The highest BCUT2D eigenvalue weighted by atomic mass is 16.2. The fourth-order valence-corrected chi connectivity index (χ4v) is 6.00. The lowest BCUT2D eigenvalue weighted by Gasteiger charge is -2.33. The molecular weight excluding hydrogens is 534 g/mol. The number of pyridine rings is 2. The number of fused-ring (bicyclic) bond motifs is 1. The number of anilines is 1. The van der Waals surface area contributed by atoms with Crippen molar-refractivity contribution in [2.75, 3.05) is 38.5 Å². The Hall–Kier alpha value is -4.56. The van der Waals surface area contributed by atoms with Gasteiger partial charge in [0, 0.05) is 74.4 Å². The first-order valence-electron chi connectivity index (χ1n) is 15.2. The lowest BCUT2D eigenvalue weighted by Crippen LogP contribution is -2.40. The fourth-order valence-electron chi connectivity index (χ4n) is 6.00. The van der Waals surface area contributed by atoms with Crippen molar-refractivity contribution in [3.8, 4) is 0 Å². The van der Waals surface area contributed by atoms with Gasteiger partial charge in [0.25, 0.3) is 5.91 Å². The lowest BCUT2D eigenvalue weighted by atomic mass is 9.98. The summed E-state index contributed by atoms with van der Waals surface area (Å²) in [6.45, 7) is 3.66. The molecule has 8 heteroatoms. The molecule has 1 saturated heterocycles. The number of benzene rings is 2. The van der Waals surface area contributed by atoms with Crippen LogP contribution in [-0.2, 0) is 6.42 Å². The summed E-state index contributed by atoms with van der Waals surface area (Å²) in [7, 11) is 1.89. The summed E-state index contributed by atoms with van der Waals surface area (Å²) in [5.74, 6) is 1.05. The number of piperidine rings is 1. The number of H-pyrrole nitrogens is 1. The molecule has 1 amide bonds. The van der Waals surface area contributed by atoms with Crippen LogP contribution in [0.3, 0.4) is 0 Å². The van der Waals surface area contributed by atoms with E-state index >= 15 is 0 Å². The van der Waals surface area contributed by atoms with Crippen molar-refractivity contribution in [2.45, 2.75) is 37.6 Å². The number of aromatic amines is 1. The van der Waals surface area contributed by atoms with Crippen molar-refractivity contribution in [1.29, 1.82) is 0 Å². The van der Waals surface area contributed by atoms with Gasteiger partial charge in [-0.3, -0.25) is 14.8 Å². The number of nitrogens with zero attached hydrogens (tertiary/aromatic N) is 5. The molecule has 1 aliphatic heterocycles. The van der Waals surface area contributed by atoms with Gasteiger partial charge in [0.1, 0.15) is 0 Å². The minimum atomic E-state index is 0.0443. The molecule has 0 bridgehead atoms. The number of likely N-dealkylation sites (N-methyl/N-ethyl adjacent to an activating group) is 1. The molecule has 43 heavy (non-hydrogen) atoms. The van der Waals surface area contributed by atoms with Gasteiger partial charge >= 0.3 is 0 Å². The average Bonchev–Trinajstić information content (AvgIpc) is 3.48. The molecule has 5 aromatic rings. The van der Waals surface area contributed by atoms with Crippen molar-refractivity contribution in [3.63, 3.8) is 0 Å². The van der Waals surface area contributed by atoms with E-state index in [1.165, 1.54) is 5.56 Å². The van der Waals surface area contributed by atoms with Crippen LogP contribution in [0.1, 0.15) is 52.5 Å². The summed E-state index contributed by atoms with van der Waals surface area (Å²) in [5.41, 5.74) is 6.02. The monoisotopic (exact) mass is 573 g/mol. The first kappa shape index (κ1) is 28.6. The number of hydrogen-bond donors (Lipinski definition) is 2. The van der Waals surface area contributed by atoms with E-state index in [4.69, 9.17) is 4.98 Å². The fraction of sp³-hybridized carbons (Fsp3) is 0.314. The Kier molecular flexibility index (Phi) is 9.04. The van der Waals surface area contributed by atoms with E-state index in [9.17, 15) is 4.79 Å². The Morgan fingerprint density at radius 2 is 1.72 bits per heavy atom. The van der Waals surface area contributed by atoms with Crippen LogP contribution in [0.4, 0.5) is 5.95 Å². The van der Waals surface area contributed by atoms with Crippen LogP contribution >= 0.6 is 0 Å². The van der Waals surface area contributed by atoms with Crippen LogP contribution in [0.15, 0.2) is 97.3 Å². The maximum Gasteiger partial charge on any atom is 0.253 e. The number of imidazole rings is 1. The van der Waals surface area contributed by atoms with Gasteiger partial charge in [-0.25, -0.2) is 4.98 Å². The number of nitrogens with one attached hydrogen (secondary N) is 2. The molecule has 1 aliphatic rings. The predicted octanol–water partition coefficient (Wildman–Crippen LogP) is 5.77. The smallest absolute Gasteiger partial charge is 0.253 e. The standard InChI is InChI=1S/C35H39N7O/c1-41(34(43)26-10-3-2-4-11-26)25-28(31-14-6-8-20-37-31)16-21-42-22-17-29(18-23-42)38-35-39-32-15-9-12-27(33(32)40-35)24-30-13-5-7-19-36-30/h2-15,19-20,28-29H,16-18,21-25H2,1H3,(H2,38,39,40). The molecular formula is C35H39N7O. The van der Waals surface area contributed by atoms with Gasteiger partial charge in [0.15, 0.2) is 0 Å². The van der Waals surface area contributed by atoms with Gasteiger partial charge in [0.05, 0.1) is 11.0 Å². The molecule has 2 N–H and O–H groups in total. The molecule has 0 radical (unpaired) electrons. The molecule has 8 nitrogen and oxygen atoms in total. The summed E-state index contributed by atoms with van der Waals surface area (Å²) in [4.78, 5) is 35.0. The van der Waals surface area contributed by atoms with Crippen molar-refractivity contribution in [2.24, 2.45) is 0 Å². The van der Waals surface area contributed by atoms with E-state index in [-0.39, 0.29) is 11.8 Å². The first-order valence-corrected chi connectivity index (χ1v) is 15.2. The van der Waals surface area contributed by atoms with Crippen LogP contribution in [0.5, 0.6) is 0 Å². The summed E-state index contributed by atoms with van der Waals surface area (Å²) in [6.07, 6.45) is 7.50. The van der Waals surface area contributed by atoms with Crippen molar-refractivity contribution in [3.05, 3.63) is 120 Å². The second kappa shape index (κ2) is 13.6. The van der Waals surface area contributed by atoms with Crippen LogP contribution in [0.25, 0.3) is 11.0 Å². The van der Waals surface area contributed by atoms with E-state index in [1.54, 1.807) is 0 Å². The number of rotatable bonds is 11. The van der Waals surface area contributed by atoms with E-state index < -0.39 is 0 Å². The Balaban J connectivity index is 1.03. The van der Waals surface area contributed by atoms with Gasteiger partial charge in [0.2, 0.25) is 5.95 Å². The van der Waals surface area contributed by atoms with Gasteiger partial charge in [-0.05, 0) is 73.8 Å². The van der Waals surface area contributed by atoms with E-state index in [0.717, 1.165) is 73.7 Å². The van der Waals surface area contributed by atoms with Crippen molar-refractivity contribution in [1.82, 2.24) is 29.7 Å². The summed E-state index contributed by atoms with van der Waals surface area (Å²) >= 11 is 0. The van der Waals surface area contributed by atoms with Gasteiger partial charge < -0.3 is 20.1 Å². The molecule has 1 atom stereocenters. The zero-order valence-electron chi connectivity index (χ0n) is 24.7. The van der Waals surface area contributed by atoms with Crippen LogP contribution in [0.2, 0.25) is 0 Å². The highest BCUT2D eigenvalue weighted by Gasteiger charge is 2.24. The largest absolute Gasteiger partial charge is 0.353 e. The summed E-state index contributed by atoms with van der Waals surface area (Å²) in [6, 6.07) is 28.2. The number of amides is 1. The van der Waals surface area contributed by atoms with Gasteiger partial charge in [-0.1, -0.05) is 42.5 Å². The lowest BCUT2D eigenvalue weighted by molar-refractivity contribution is 0.0781. The Bertz CT molecular complexity index is 1600. The van der Waals surface area contributed by atoms with Crippen LogP contribution in [0, 0.1) is 0 Å². The number of likely N-dealkylation sites (tertiary alicyclic amines) is 1. The first-order chi connectivity index (χ1) is 21.1. The molecule has 1 fully saturated rings. The minimum Gasteiger partial charge on any atom is -0.353 e. The molecule has 6 rings (SSSR count). The summed E-state index contributed by atoms with van der Waals surface area (Å²) in [5, 5.41) is 3.66. The number of carbonyl (C=O) groups is 1. The van der Waals surface area contributed by atoms with Crippen molar-refractivity contribution < 1.29 is 4.79 Å². The van der Waals surface area contributed by atoms with Crippen LogP contribution in [-0.4, -0.2) is 74.9 Å². The number of carbonyl (C=O) groups excluding carboxylic acids is 1. The molecule has 0 aliphatic carbocycles.